The third kappa shape index (κ3) is 17.2. The van der Waals surface area contributed by atoms with Crippen LogP contribution in [0.3, 0.4) is 0 Å². The Kier molecular flexibility index (Phi) is 19.1. The molecule has 5 nitrogen and oxygen atoms in total. The van der Waals surface area contributed by atoms with Gasteiger partial charge in [-0.15, -0.1) is 0 Å². The normalized spacial score (nSPS) is 16.6. The van der Waals surface area contributed by atoms with Crippen molar-refractivity contribution in [2.24, 2.45) is 11.3 Å². The van der Waals surface area contributed by atoms with Crippen LogP contribution in [0.25, 0.3) is 0 Å². The molecule has 0 aromatic carbocycles. The molecule has 1 saturated heterocycles. The van der Waals surface area contributed by atoms with Gasteiger partial charge >= 0.3 is 11.9 Å². The third-order valence-corrected chi connectivity index (χ3v) is 8.08. The predicted molar refractivity (Wildman–Crippen MR) is 155 cm³/mol. The molecular formula is C32H61NO4. The van der Waals surface area contributed by atoms with Crippen LogP contribution in [0.2, 0.25) is 0 Å². The molecule has 0 aromatic heterocycles. The molecule has 0 amide bonds. The van der Waals surface area contributed by atoms with Gasteiger partial charge in [0.1, 0.15) is 6.10 Å². The zero-order valence-electron chi connectivity index (χ0n) is 25.3. The van der Waals surface area contributed by atoms with E-state index in [-0.39, 0.29) is 23.5 Å². The van der Waals surface area contributed by atoms with Gasteiger partial charge in [0.2, 0.25) is 0 Å². The van der Waals surface area contributed by atoms with E-state index in [9.17, 15) is 9.59 Å². The van der Waals surface area contributed by atoms with E-state index >= 15 is 0 Å². The lowest BCUT2D eigenvalue weighted by Gasteiger charge is -2.36. The van der Waals surface area contributed by atoms with Gasteiger partial charge in [-0.25, -0.2) is 0 Å². The summed E-state index contributed by atoms with van der Waals surface area (Å²) in [5.74, 6) is 0.564. The summed E-state index contributed by atoms with van der Waals surface area (Å²) < 4.78 is 11.6. The SMILES string of the molecule is CCCCCCCCCCCCC(CCCOC(=O)CCCCC(C)C)OC(=O)C1(C)CCN(C)CC1. The highest BCUT2D eigenvalue weighted by molar-refractivity contribution is 5.76. The monoisotopic (exact) mass is 523 g/mol. The molecule has 5 heteroatoms. The first kappa shape index (κ1) is 33.9. The van der Waals surface area contributed by atoms with Gasteiger partial charge in [-0.2, -0.15) is 0 Å². The van der Waals surface area contributed by atoms with Crippen molar-refractivity contribution in [2.75, 3.05) is 26.7 Å². The number of piperidine rings is 1. The maximum Gasteiger partial charge on any atom is 0.312 e. The summed E-state index contributed by atoms with van der Waals surface area (Å²) in [6, 6.07) is 0. The first-order chi connectivity index (χ1) is 17.8. The summed E-state index contributed by atoms with van der Waals surface area (Å²) in [5, 5.41) is 0. The van der Waals surface area contributed by atoms with Crippen LogP contribution in [0, 0.1) is 11.3 Å². The van der Waals surface area contributed by atoms with Crippen molar-refractivity contribution in [3.63, 3.8) is 0 Å². The van der Waals surface area contributed by atoms with Crippen LogP contribution in [-0.4, -0.2) is 49.7 Å². The summed E-state index contributed by atoms with van der Waals surface area (Å²) in [4.78, 5) is 27.5. The Hall–Kier alpha value is -1.10. The van der Waals surface area contributed by atoms with E-state index in [2.05, 4.69) is 39.6 Å². The van der Waals surface area contributed by atoms with E-state index in [1.54, 1.807) is 0 Å². The summed E-state index contributed by atoms with van der Waals surface area (Å²) in [7, 11) is 2.12. The highest BCUT2D eigenvalue weighted by atomic mass is 16.5. The Bertz CT molecular complexity index is 583. The molecule has 1 fully saturated rings. The van der Waals surface area contributed by atoms with Gasteiger partial charge in [-0.05, 0) is 77.9 Å². The number of ether oxygens (including phenoxy) is 2. The maximum atomic E-state index is 13.1. The lowest BCUT2D eigenvalue weighted by Crippen LogP contribution is -2.42. The maximum absolute atomic E-state index is 13.1. The zero-order valence-corrected chi connectivity index (χ0v) is 25.3. The van der Waals surface area contributed by atoms with Crippen LogP contribution in [0.4, 0.5) is 0 Å². The highest BCUT2D eigenvalue weighted by Crippen LogP contribution is 2.33. The number of carbonyl (C=O) groups is 2. The molecule has 1 atom stereocenters. The van der Waals surface area contributed by atoms with Crippen molar-refractivity contribution in [2.45, 2.75) is 156 Å². The smallest absolute Gasteiger partial charge is 0.312 e. The first-order valence-electron chi connectivity index (χ1n) is 15.8. The van der Waals surface area contributed by atoms with E-state index in [0.29, 0.717) is 18.9 Å². The molecule has 1 unspecified atom stereocenters. The summed E-state index contributed by atoms with van der Waals surface area (Å²) in [6.45, 7) is 11.1. The van der Waals surface area contributed by atoms with Gasteiger partial charge in [0.15, 0.2) is 0 Å². The largest absolute Gasteiger partial charge is 0.466 e. The molecule has 1 aliphatic rings. The molecule has 1 rings (SSSR count). The average Bonchev–Trinajstić information content (AvgIpc) is 2.87. The number of esters is 2. The number of carbonyl (C=O) groups excluding carboxylic acids is 2. The minimum Gasteiger partial charge on any atom is -0.466 e. The average molecular weight is 524 g/mol. The molecule has 0 N–H and O–H groups in total. The summed E-state index contributed by atoms with van der Waals surface area (Å²) >= 11 is 0. The second-order valence-corrected chi connectivity index (χ2v) is 12.4. The molecule has 218 valence electrons. The Morgan fingerprint density at radius 1 is 0.784 bits per heavy atom. The molecule has 1 heterocycles. The van der Waals surface area contributed by atoms with Crippen molar-refractivity contribution >= 4 is 11.9 Å². The number of nitrogens with zero attached hydrogens (tertiary/aromatic N) is 1. The van der Waals surface area contributed by atoms with Crippen molar-refractivity contribution in [1.82, 2.24) is 4.90 Å². The van der Waals surface area contributed by atoms with Crippen LogP contribution in [0.15, 0.2) is 0 Å². The lowest BCUT2D eigenvalue weighted by atomic mass is 9.80. The second-order valence-electron chi connectivity index (χ2n) is 12.4. The van der Waals surface area contributed by atoms with Gasteiger partial charge in [0.25, 0.3) is 0 Å². The van der Waals surface area contributed by atoms with E-state index in [4.69, 9.17) is 9.47 Å². The van der Waals surface area contributed by atoms with E-state index < -0.39 is 0 Å². The molecule has 0 aliphatic carbocycles. The van der Waals surface area contributed by atoms with Crippen LogP contribution >= 0.6 is 0 Å². The van der Waals surface area contributed by atoms with E-state index in [1.807, 2.05) is 0 Å². The fraction of sp³-hybridized carbons (Fsp3) is 0.938. The van der Waals surface area contributed by atoms with Crippen LogP contribution in [-0.2, 0) is 19.1 Å². The Morgan fingerprint density at radius 3 is 1.92 bits per heavy atom. The van der Waals surface area contributed by atoms with Crippen molar-refractivity contribution in [3.8, 4) is 0 Å². The van der Waals surface area contributed by atoms with Crippen molar-refractivity contribution < 1.29 is 19.1 Å². The van der Waals surface area contributed by atoms with Crippen LogP contribution in [0.1, 0.15) is 150 Å². The highest BCUT2D eigenvalue weighted by Gasteiger charge is 2.38. The van der Waals surface area contributed by atoms with E-state index in [0.717, 1.165) is 70.9 Å². The summed E-state index contributed by atoms with van der Waals surface area (Å²) in [6.07, 6.45) is 20.8. The van der Waals surface area contributed by atoms with Gasteiger partial charge in [0.05, 0.1) is 12.0 Å². The molecule has 1 aliphatic heterocycles. The predicted octanol–water partition coefficient (Wildman–Crippen LogP) is 8.48. The fourth-order valence-corrected chi connectivity index (χ4v) is 5.12. The molecule has 0 bridgehead atoms. The van der Waals surface area contributed by atoms with Gasteiger partial charge in [0, 0.05) is 6.42 Å². The summed E-state index contributed by atoms with van der Waals surface area (Å²) in [5.41, 5.74) is -0.370. The quantitative estimate of drug-likeness (QED) is 0.105. The number of likely N-dealkylation sites (tertiary alicyclic amines) is 1. The van der Waals surface area contributed by atoms with Gasteiger partial charge < -0.3 is 14.4 Å². The molecular weight excluding hydrogens is 462 g/mol. The number of rotatable bonds is 22. The first-order valence-corrected chi connectivity index (χ1v) is 15.8. The second kappa shape index (κ2) is 20.8. The Morgan fingerprint density at radius 2 is 1.32 bits per heavy atom. The number of unbranched alkanes of at least 4 members (excludes halogenated alkanes) is 10. The molecule has 0 spiro atoms. The standard InChI is InChI=1S/C32H61NO4/c1-6-7-8-9-10-11-12-13-14-15-20-29(37-31(35)32(4)23-25-33(5)26-24-32)21-18-27-36-30(34)22-17-16-19-28(2)3/h28-29H,6-27H2,1-5H3. The Labute approximate surface area is 229 Å². The minimum absolute atomic E-state index is 0.0279. The van der Waals surface area contributed by atoms with Gasteiger partial charge in [-0.3, -0.25) is 9.59 Å². The number of hydrogen-bond donors (Lipinski definition) is 0. The van der Waals surface area contributed by atoms with Crippen molar-refractivity contribution in [1.29, 1.82) is 0 Å². The third-order valence-electron chi connectivity index (χ3n) is 8.08. The molecule has 0 radical (unpaired) electrons. The zero-order chi connectivity index (χ0) is 27.4. The van der Waals surface area contributed by atoms with Crippen LogP contribution in [0.5, 0.6) is 0 Å². The van der Waals surface area contributed by atoms with Crippen LogP contribution < -0.4 is 0 Å². The number of hydrogen-bond acceptors (Lipinski definition) is 5. The topological polar surface area (TPSA) is 55.8 Å². The molecule has 0 aromatic rings. The van der Waals surface area contributed by atoms with E-state index in [1.165, 1.54) is 57.8 Å². The lowest BCUT2D eigenvalue weighted by molar-refractivity contribution is -0.164. The Balaban J connectivity index is 2.36. The fourth-order valence-electron chi connectivity index (χ4n) is 5.12. The minimum atomic E-state index is -0.370. The van der Waals surface area contributed by atoms with Gasteiger partial charge in [-0.1, -0.05) is 91.4 Å². The molecule has 0 saturated carbocycles. The molecule has 37 heavy (non-hydrogen) atoms. The van der Waals surface area contributed by atoms with Crippen molar-refractivity contribution in [3.05, 3.63) is 0 Å².